The molecule has 0 amide bonds. The molecule has 0 rings (SSSR count). The van der Waals surface area contributed by atoms with E-state index < -0.39 is 6.10 Å². The molecule has 6 nitrogen and oxygen atoms in total. The van der Waals surface area contributed by atoms with Crippen molar-refractivity contribution in [1.29, 1.82) is 0 Å². The summed E-state index contributed by atoms with van der Waals surface area (Å²) in [4.78, 5) is 37.9. The van der Waals surface area contributed by atoms with E-state index in [4.69, 9.17) is 14.2 Å². The van der Waals surface area contributed by atoms with Crippen molar-refractivity contribution in [3.05, 3.63) is 134 Å². The summed E-state index contributed by atoms with van der Waals surface area (Å²) in [5.74, 6) is -1.05. The molecule has 1 unspecified atom stereocenters. The molecule has 0 saturated heterocycles. The Balaban J connectivity index is 4.60. The van der Waals surface area contributed by atoms with Crippen LogP contribution in [0.4, 0.5) is 0 Å². The first-order chi connectivity index (χ1) is 31.0. The van der Waals surface area contributed by atoms with Crippen molar-refractivity contribution in [2.75, 3.05) is 13.2 Å². The number of rotatable bonds is 42. The molecule has 0 radical (unpaired) electrons. The van der Waals surface area contributed by atoms with Crippen LogP contribution in [0, 0.1) is 0 Å². The molecule has 0 spiro atoms. The minimum absolute atomic E-state index is 0.127. The largest absolute Gasteiger partial charge is 0.462 e. The number of esters is 3. The lowest BCUT2D eigenvalue weighted by molar-refractivity contribution is -0.167. The number of carbonyl (C=O) groups is 3. The van der Waals surface area contributed by atoms with Gasteiger partial charge in [-0.15, -0.1) is 0 Å². The first kappa shape index (κ1) is 58.6. The summed E-state index contributed by atoms with van der Waals surface area (Å²) >= 11 is 0. The molecule has 6 heteroatoms. The number of ether oxygens (including phenoxy) is 3. The van der Waals surface area contributed by atoms with Gasteiger partial charge < -0.3 is 14.2 Å². The Morgan fingerprint density at radius 2 is 0.698 bits per heavy atom. The second-order valence-electron chi connectivity index (χ2n) is 15.8. The first-order valence-corrected chi connectivity index (χ1v) is 24.8. The van der Waals surface area contributed by atoms with E-state index in [9.17, 15) is 14.4 Å². The van der Waals surface area contributed by atoms with Crippen LogP contribution in [0.15, 0.2) is 134 Å². The summed E-state index contributed by atoms with van der Waals surface area (Å²) in [6.07, 6.45) is 70.1. The van der Waals surface area contributed by atoms with Gasteiger partial charge in [-0.25, -0.2) is 0 Å². The van der Waals surface area contributed by atoms with Crippen LogP contribution in [0.2, 0.25) is 0 Å². The summed E-state index contributed by atoms with van der Waals surface area (Å²) in [5.41, 5.74) is 0. The summed E-state index contributed by atoms with van der Waals surface area (Å²) in [6.45, 7) is 6.23. The molecule has 352 valence electrons. The van der Waals surface area contributed by atoms with Crippen LogP contribution in [-0.4, -0.2) is 37.2 Å². The second-order valence-corrected chi connectivity index (χ2v) is 15.8. The zero-order valence-electron chi connectivity index (χ0n) is 40.0. The molecule has 0 aromatic rings. The highest BCUT2D eigenvalue weighted by Gasteiger charge is 2.19. The van der Waals surface area contributed by atoms with Crippen LogP contribution < -0.4 is 0 Å². The smallest absolute Gasteiger partial charge is 0.306 e. The lowest BCUT2D eigenvalue weighted by Gasteiger charge is -2.18. The molecule has 0 aromatic heterocycles. The third-order valence-corrected chi connectivity index (χ3v) is 9.81. The fourth-order valence-corrected chi connectivity index (χ4v) is 6.12. The van der Waals surface area contributed by atoms with Crippen molar-refractivity contribution in [2.45, 2.75) is 194 Å². The molecular weight excluding hydrogens is 781 g/mol. The Kier molecular flexibility index (Phi) is 46.7. The normalized spacial score (nSPS) is 13.3. The average molecular weight is 869 g/mol. The maximum absolute atomic E-state index is 12.8. The Morgan fingerprint density at radius 3 is 1.19 bits per heavy atom. The van der Waals surface area contributed by atoms with E-state index in [1.165, 1.54) is 44.9 Å². The molecule has 1 atom stereocenters. The van der Waals surface area contributed by atoms with Gasteiger partial charge in [0.05, 0.1) is 0 Å². The third kappa shape index (κ3) is 48.4. The molecule has 0 aliphatic carbocycles. The molecule has 63 heavy (non-hydrogen) atoms. The van der Waals surface area contributed by atoms with Gasteiger partial charge in [0.15, 0.2) is 6.10 Å². The van der Waals surface area contributed by atoms with E-state index in [2.05, 4.69) is 99.8 Å². The highest BCUT2D eigenvalue weighted by molar-refractivity contribution is 5.71. The Labute approximate surface area is 385 Å². The minimum Gasteiger partial charge on any atom is -0.462 e. The third-order valence-electron chi connectivity index (χ3n) is 9.81. The highest BCUT2D eigenvalue weighted by atomic mass is 16.6. The molecule has 0 heterocycles. The molecule has 0 fully saturated rings. The van der Waals surface area contributed by atoms with Crippen LogP contribution in [0.5, 0.6) is 0 Å². The summed E-state index contributed by atoms with van der Waals surface area (Å²) in [7, 11) is 0. The number of carbonyl (C=O) groups excluding carboxylic acids is 3. The maximum Gasteiger partial charge on any atom is 0.306 e. The van der Waals surface area contributed by atoms with Crippen LogP contribution >= 0.6 is 0 Å². The van der Waals surface area contributed by atoms with Gasteiger partial charge in [-0.05, 0) is 89.9 Å². The van der Waals surface area contributed by atoms with Crippen LogP contribution in [0.1, 0.15) is 188 Å². The standard InChI is InChI=1S/C57H88O6/c1-4-7-10-13-16-19-22-25-27-28-30-32-35-38-41-44-47-50-56(59)62-53-54(52-61-55(58)49-46-43-40-37-34-31-24-21-18-15-12-9-6-3)63-57(60)51-48-45-42-39-36-33-29-26-23-20-17-14-11-8-5-2/h8-9,11-12,14-15,17-18,20-21,23-27,29-30,32-33,36,38,41,54H,4-7,10,13,16,19,22,28,31,34-35,37,39-40,42-53H2,1-3H3/b11-8-,12-9-,17-14-,18-15-,23-20-,24-21-,27-25-,29-26-,32-30-,36-33-,41-38-. The van der Waals surface area contributed by atoms with Gasteiger partial charge in [0, 0.05) is 19.3 Å². The van der Waals surface area contributed by atoms with E-state index in [0.717, 1.165) is 89.9 Å². The van der Waals surface area contributed by atoms with E-state index in [1.54, 1.807) is 0 Å². The molecule has 0 bridgehead atoms. The first-order valence-electron chi connectivity index (χ1n) is 24.8. The van der Waals surface area contributed by atoms with Crippen molar-refractivity contribution >= 4 is 17.9 Å². The van der Waals surface area contributed by atoms with Crippen LogP contribution in [0.25, 0.3) is 0 Å². The van der Waals surface area contributed by atoms with Gasteiger partial charge in [0.1, 0.15) is 13.2 Å². The van der Waals surface area contributed by atoms with E-state index in [1.807, 2.05) is 54.7 Å². The quantitative estimate of drug-likeness (QED) is 0.0200. The summed E-state index contributed by atoms with van der Waals surface area (Å²) in [6, 6.07) is 0. The molecule has 0 aliphatic rings. The number of hydrogen-bond acceptors (Lipinski definition) is 6. The lowest BCUT2D eigenvalue weighted by Crippen LogP contribution is -2.30. The van der Waals surface area contributed by atoms with E-state index in [0.29, 0.717) is 19.3 Å². The molecule has 0 saturated carbocycles. The fourth-order valence-electron chi connectivity index (χ4n) is 6.12. The number of unbranched alkanes of at least 4 members (excludes halogenated alkanes) is 15. The Morgan fingerprint density at radius 1 is 0.349 bits per heavy atom. The predicted molar refractivity (Wildman–Crippen MR) is 269 cm³/mol. The van der Waals surface area contributed by atoms with Gasteiger partial charge in [0.25, 0.3) is 0 Å². The lowest BCUT2D eigenvalue weighted by atomic mass is 10.1. The Bertz CT molecular complexity index is 1420. The van der Waals surface area contributed by atoms with E-state index in [-0.39, 0.29) is 44.0 Å². The topological polar surface area (TPSA) is 78.9 Å². The van der Waals surface area contributed by atoms with Gasteiger partial charge in [-0.1, -0.05) is 212 Å². The van der Waals surface area contributed by atoms with Crippen molar-refractivity contribution in [1.82, 2.24) is 0 Å². The van der Waals surface area contributed by atoms with Crippen molar-refractivity contribution < 1.29 is 28.6 Å². The van der Waals surface area contributed by atoms with Gasteiger partial charge >= 0.3 is 17.9 Å². The summed E-state index contributed by atoms with van der Waals surface area (Å²) < 4.78 is 16.7. The number of hydrogen-bond donors (Lipinski definition) is 0. The van der Waals surface area contributed by atoms with E-state index >= 15 is 0 Å². The molecule has 0 N–H and O–H groups in total. The Hall–Kier alpha value is -4.45. The molecule has 0 aliphatic heterocycles. The molecule has 0 aromatic carbocycles. The zero-order chi connectivity index (χ0) is 45.8. The fraction of sp³-hybridized carbons (Fsp3) is 0.561. The number of allylic oxidation sites excluding steroid dienone is 22. The SMILES string of the molecule is CC\C=C/C=C\C=C/C=C\C=C/CCCCCC(=O)OC(COC(=O)CCC/C=C\C/C=C\C/C=C\CCCCCCCC)COC(=O)CCCCCCC\C=C/C=C\C=C/CC. The van der Waals surface area contributed by atoms with Crippen LogP contribution in [-0.2, 0) is 28.6 Å². The van der Waals surface area contributed by atoms with Gasteiger partial charge in [0.2, 0.25) is 0 Å². The van der Waals surface area contributed by atoms with Gasteiger partial charge in [-0.2, -0.15) is 0 Å². The van der Waals surface area contributed by atoms with Crippen molar-refractivity contribution in [3.8, 4) is 0 Å². The van der Waals surface area contributed by atoms with Gasteiger partial charge in [-0.3, -0.25) is 14.4 Å². The monoisotopic (exact) mass is 869 g/mol. The zero-order valence-corrected chi connectivity index (χ0v) is 40.0. The maximum atomic E-state index is 12.8. The average Bonchev–Trinajstić information content (AvgIpc) is 3.28. The summed E-state index contributed by atoms with van der Waals surface area (Å²) in [5, 5.41) is 0. The second kappa shape index (κ2) is 50.2. The van der Waals surface area contributed by atoms with Crippen molar-refractivity contribution in [3.63, 3.8) is 0 Å². The predicted octanol–water partition coefficient (Wildman–Crippen LogP) is 16.3. The molecular formula is C57H88O6. The minimum atomic E-state index is -0.833. The highest BCUT2D eigenvalue weighted by Crippen LogP contribution is 2.12. The van der Waals surface area contributed by atoms with Crippen LogP contribution in [0.3, 0.4) is 0 Å². The van der Waals surface area contributed by atoms with Crippen molar-refractivity contribution in [2.24, 2.45) is 0 Å².